The molecule has 0 bridgehead atoms. The molecule has 0 atom stereocenters. The number of aromatic hydroxyl groups is 1. The van der Waals surface area contributed by atoms with E-state index >= 15 is 0 Å². The summed E-state index contributed by atoms with van der Waals surface area (Å²) in [6.45, 7) is 13.0. The van der Waals surface area contributed by atoms with E-state index in [1.807, 2.05) is 12.1 Å². The fourth-order valence-electron chi connectivity index (χ4n) is 2.96. The minimum atomic E-state index is -0.0506. The second kappa shape index (κ2) is 6.27. The number of rotatable bonds is 2. The topological polar surface area (TPSA) is 50.9 Å². The summed E-state index contributed by atoms with van der Waals surface area (Å²) in [6.07, 6.45) is 0.766. The number of fused-ring (bicyclic) bond motifs is 1. The molecule has 0 radical (unpaired) electrons. The van der Waals surface area contributed by atoms with Crippen LogP contribution in [0.4, 0.5) is 0 Å². The van der Waals surface area contributed by atoms with Crippen molar-refractivity contribution < 1.29 is 5.11 Å². The molecule has 0 aliphatic rings. The first-order chi connectivity index (χ1) is 11.9. The first kappa shape index (κ1) is 18.7. The smallest absolute Gasteiger partial charge is 0.146 e. The van der Waals surface area contributed by atoms with E-state index in [-0.39, 0.29) is 16.6 Å². The molecule has 0 amide bonds. The lowest BCUT2D eigenvalue weighted by atomic mass is 9.82. The van der Waals surface area contributed by atoms with Crippen molar-refractivity contribution in [1.82, 2.24) is 15.0 Å². The molecule has 4 nitrogen and oxygen atoms in total. The van der Waals surface area contributed by atoms with E-state index in [1.165, 1.54) is 4.80 Å². The molecular weight excluding hydrogens is 346 g/mol. The second-order valence-electron chi connectivity index (χ2n) is 9.11. The van der Waals surface area contributed by atoms with E-state index in [0.29, 0.717) is 16.2 Å². The minimum absolute atomic E-state index is 0.0506. The molecule has 1 heterocycles. The molecule has 1 N–H and O–H groups in total. The van der Waals surface area contributed by atoms with Crippen molar-refractivity contribution in [3.63, 3.8) is 0 Å². The van der Waals surface area contributed by atoms with Crippen molar-refractivity contribution in [1.29, 1.82) is 0 Å². The van der Waals surface area contributed by atoms with Crippen LogP contribution in [0.25, 0.3) is 16.7 Å². The Morgan fingerprint density at radius 2 is 1.62 bits per heavy atom. The van der Waals surface area contributed by atoms with Gasteiger partial charge >= 0.3 is 0 Å². The van der Waals surface area contributed by atoms with Crippen LogP contribution in [0, 0.1) is 5.41 Å². The van der Waals surface area contributed by atoms with Crippen molar-refractivity contribution in [3.05, 3.63) is 46.5 Å². The van der Waals surface area contributed by atoms with E-state index in [9.17, 15) is 5.11 Å². The Morgan fingerprint density at radius 3 is 2.23 bits per heavy atom. The number of phenols is 1. The van der Waals surface area contributed by atoms with Crippen LogP contribution >= 0.6 is 11.6 Å². The largest absolute Gasteiger partial charge is 0.505 e. The molecule has 3 aromatic rings. The summed E-state index contributed by atoms with van der Waals surface area (Å²) in [5, 5.41) is 20.6. The van der Waals surface area contributed by atoms with Gasteiger partial charge in [-0.15, -0.1) is 15.0 Å². The van der Waals surface area contributed by atoms with Crippen LogP contribution in [-0.4, -0.2) is 20.1 Å². The molecule has 0 aliphatic carbocycles. The lowest BCUT2D eigenvalue weighted by Crippen LogP contribution is -2.16. The summed E-state index contributed by atoms with van der Waals surface area (Å²) in [5.41, 5.74) is 4.11. The van der Waals surface area contributed by atoms with Gasteiger partial charge in [0, 0.05) is 5.02 Å². The Balaban J connectivity index is 2.22. The third-order valence-corrected chi connectivity index (χ3v) is 4.55. The van der Waals surface area contributed by atoms with Crippen LogP contribution in [0.5, 0.6) is 5.75 Å². The number of aromatic nitrogens is 3. The van der Waals surface area contributed by atoms with E-state index in [2.05, 4.69) is 57.8 Å². The Hall–Kier alpha value is -2.07. The van der Waals surface area contributed by atoms with Gasteiger partial charge in [0.05, 0.1) is 0 Å². The summed E-state index contributed by atoms with van der Waals surface area (Å²) >= 11 is 6.06. The highest BCUT2D eigenvalue weighted by Gasteiger charge is 2.23. The summed E-state index contributed by atoms with van der Waals surface area (Å²) in [6, 6.07) is 9.48. The summed E-state index contributed by atoms with van der Waals surface area (Å²) in [7, 11) is 0. The average Bonchev–Trinajstić information content (AvgIpc) is 2.89. The maximum atomic E-state index is 10.9. The third-order valence-electron chi connectivity index (χ3n) is 4.31. The van der Waals surface area contributed by atoms with Gasteiger partial charge in [0.15, 0.2) is 0 Å². The van der Waals surface area contributed by atoms with E-state index in [1.54, 1.807) is 12.1 Å². The quantitative estimate of drug-likeness (QED) is 0.631. The molecule has 1 aromatic heterocycles. The van der Waals surface area contributed by atoms with Crippen LogP contribution in [0.3, 0.4) is 0 Å². The molecule has 0 saturated carbocycles. The Bertz CT molecular complexity index is 962. The number of benzene rings is 2. The van der Waals surface area contributed by atoms with Gasteiger partial charge in [0.1, 0.15) is 22.5 Å². The molecule has 5 heteroatoms. The van der Waals surface area contributed by atoms with E-state index in [4.69, 9.17) is 11.6 Å². The predicted octanol–water partition coefficient (Wildman–Crippen LogP) is 5.67. The minimum Gasteiger partial charge on any atom is -0.505 e. The van der Waals surface area contributed by atoms with Gasteiger partial charge in [-0.1, -0.05) is 59.2 Å². The van der Waals surface area contributed by atoms with Crippen molar-refractivity contribution in [2.45, 2.75) is 53.4 Å². The average molecular weight is 372 g/mol. The highest BCUT2D eigenvalue weighted by molar-refractivity contribution is 6.31. The molecule has 0 spiro atoms. The molecule has 0 unspecified atom stereocenters. The Morgan fingerprint density at radius 1 is 0.962 bits per heavy atom. The standard InChI is InChI=1S/C21H26ClN3O/c1-20(2,3)12-13-9-14(21(4,5)6)10-18(19(13)26)25-23-16-8-7-15(22)11-17(16)24-25/h7-11,26H,12H2,1-6H3. The van der Waals surface area contributed by atoms with Gasteiger partial charge in [-0.05, 0) is 52.6 Å². The number of hydrogen-bond acceptors (Lipinski definition) is 3. The zero-order valence-corrected chi connectivity index (χ0v) is 17.0. The zero-order chi connectivity index (χ0) is 19.3. The van der Waals surface area contributed by atoms with Crippen molar-refractivity contribution in [2.24, 2.45) is 5.41 Å². The van der Waals surface area contributed by atoms with Crippen LogP contribution in [0.15, 0.2) is 30.3 Å². The maximum Gasteiger partial charge on any atom is 0.146 e. The van der Waals surface area contributed by atoms with Crippen LogP contribution in [0.1, 0.15) is 52.7 Å². The number of hydrogen-bond donors (Lipinski definition) is 1. The molecule has 2 aromatic carbocycles. The summed E-state index contributed by atoms with van der Waals surface area (Å²) in [4.78, 5) is 1.51. The maximum absolute atomic E-state index is 10.9. The van der Waals surface area contributed by atoms with E-state index < -0.39 is 0 Å². The highest BCUT2D eigenvalue weighted by atomic mass is 35.5. The SMILES string of the molecule is CC(C)(C)Cc1cc(C(C)(C)C)cc(-n2nc3ccc(Cl)cc3n2)c1O. The summed E-state index contributed by atoms with van der Waals surface area (Å²) in [5.74, 6) is 0.235. The second-order valence-corrected chi connectivity index (χ2v) is 9.55. The predicted molar refractivity (Wildman–Crippen MR) is 107 cm³/mol. The van der Waals surface area contributed by atoms with Crippen LogP contribution in [0.2, 0.25) is 5.02 Å². The van der Waals surface area contributed by atoms with Gasteiger partial charge in [-0.25, -0.2) is 0 Å². The molecular formula is C21H26ClN3O. The molecule has 26 heavy (non-hydrogen) atoms. The number of nitrogens with zero attached hydrogens (tertiary/aromatic N) is 3. The fourth-order valence-corrected chi connectivity index (χ4v) is 3.13. The number of phenolic OH excluding ortho intramolecular Hbond substituents is 1. The molecule has 0 aliphatic heterocycles. The summed E-state index contributed by atoms with van der Waals surface area (Å²) < 4.78 is 0. The highest BCUT2D eigenvalue weighted by Crippen LogP contribution is 2.36. The van der Waals surface area contributed by atoms with Crippen molar-refractivity contribution in [3.8, 4) is 11.4 Å². The van der Waals surface area contributed by atoms with Gasteiger partial charge in [-0.2, -0.15) is 0 Å². The van der Waals surface area contributed by atoms with Gasteiger partial charge < -0.3 is 5.11 Å². The first-order valence-electron chi connectivity index (χ1n) is 8.83. The zero-order valence-electron chi connectivity index (χ0n) is 16.3. The van der Waals surface area contributed by atoms with Gasteiger partial charge in [0.2, 0.25) is 0 Å². The first-order valence-corrected chi connectivity index (χ1v) is 9.21. The van der Waals surface area contributed by atoms with Gasteiger partial charge in [0.25, 0.3) is 0 Å². The Labute approximate surface area is 159 Å². The molecule has 0 fully saturated rings. The Kier molecular flexibility index (Phi) is 4.51. The molecule has 138 valence electrons. The monoisotopic (exact) mass is 371 g/mol. The van der Waals surface area contributed by atoms with Crippen LogP contribution in [-0.2, 0) is 11.8 Å². The molecule has 0 saturated heterocycles. The lowest BCUT2D eigenvalue weighted by Gasteiger charge is -2.25. The normalized spacial score (nSPS) is 12.7. The fraction of sp³-hybridized carbons (Fsp3) is 0.429. The molecule has 3 rings (SSSR count). The van der Waals surface area contributed by atoms with Crippen LogP contribution < -0.4 is 0 Å². The lowest BCUT2D eigenvalue weighted by molar-refractivity contribution is 0.392. The number of halogens is 1. The third kappa shape index (κ3) is 3.85. The van der Waals surface area contributed by atoms with Crippen molar-refractivity contribution in [2.75, 3.05) is 0 Å². The van der Waals surface area contributed by atoms with Gasteiger partial charge in [-0.3, -0.25) is 0 Å². The van der Waals surface area contributed by atoms with E-state index in [0.717, 1.165) is 23.1 Å². The van der Waals surface area contributed by atoms with Crippen molar-refractivity contribution >= 4 is 22.6 Å².